The Labute approximate surface area is 117 Å². The SMILES string of the molecule is COCCNCC(=O)Nc1ccc(-n2cccn2)nc1. The molecule has 2 heterocycles. The van der Waals surface area contributed by atoms with Gasteiger partial charge in [0, 0.05) is 26.0 Å². The molecule has 0 unspecified atom stereocenters. The average molecular weight is 275 g/mol. The van der Waals surface area contributed by atoms with Crippen LogP contribution in [0.25, 0.3) is 5.82 Å². The number of anilines is 1. The van der Waals surface area contributed by atoms with Gasteiger partial charge in [-0.3, -0.25) is 4.79 Å². The molecule has 0 spiro atoms. The van der Waals surface area contributed by atoms with E-state index >= 15 is 0 Å². The van der Waals surface area contributed by atoms with E-state index in [0.29, 0.717) is 24.7 Å². The first-order chi connectivity index (χ1) is 9.79. The van der Waals surface area contributed by atoms with Crippen LogP contribution in [0.5, 0.6) is 0 Å². The predicted octanol–water partition coefficient (Wildman–Crippen LogP) is 0.442. The molecule has 2 aromatic heterocycles. The van der Waals surface area contributed by atoms with Crippen LogP contribution in [0.1, 0.15) is 0 Å². The fraction of sp³-hybridized carbons (Fsp3) is 0.308. The minimum Gasteiger partial charge on any atom is -0.383 e. The molecule has 2 rings (SSSR count). The molecule has 0 aliphatic heterocycles. The van der Waals surface area contributed by atoms with Gasteiger partial charge in [0.2, 0.25) is 5.91 Å². The van der Waals surface area contributed by atoms with E-state index in [1.165, 1.54) is 0 Å². The molecule has 0 aliphatic carbocycles. The molecule has 0 aromatic carbocycles. The first-order valence-corrected chi connectivity index (χ1v) is 6.25. The highest BCUT2D eigenvalue weighted by atomic mass is 16.5. The lowest BCUT2D eigenvalue weighted by Gasteiger charge is -2.07. The number of hydrogen-bond donors (Lipinski definition) is 2. The molecule has 0 saturated carbocycles. The smallest absolute Gasteiger partial charge is 0.238 e. The van der Waals surface area contributed by atoms with Crippen molar-refractivity contribution in [3.8, 4) is 5.82 Å². The maximum absolute atomic E-state index is 11.6. The van der Waals surface area contributed by atoms with Gasteiger partial charge in [-0.2, -0.15) is 5.10 Å². The van der Waals surface area contributed by atoms with Crippen molar-refractivity contribution in [3.63, 3.8) is 0 Å². The predicted molar refractivity (Wildman–Crippen MR) is 74.7 cm³/mol. The van der Waals surface area contributed by atoms with E-state index < -0.39 is 0 Å². The number of amides is 1. The van der Waals surface area contributed by atoms with Crippen LogP contribution in [-0.2, 0) is 9.53 Å². The third-order valence-electron chi connectivity index (χ3n) is 2.54. The summed E-state index contributed by atoms with van der Waals surface area (Å²) in [5.74, 6) is 0.584. The fourth-order valence-corrected chi connectivity index (χ4v) is 1.58. The molecule has 0 radical (unpaired) electrons. The lowest BCUT2D eigenvalue weighted by atomic mass is 10.4. The number of hydrogen-bond acceptors (Lipinski definition) is 5. The van der Waals surface area contributed by atoms with Gasteiger partial charge in [0.25, 0.3) is 0 Å². The Bertz CT molecular complexity index is 524. The van der Waals surface area contributed by atoms with E-state index in [2.05, 4.69) is 20.7 Å². The highest BCUT2D eigenvalue weighted by Gasteiger charge is 2.03. The first-order valence-electron chi connectivity index (χ1n) is 6.25. The van der Waals surface area contributed by atoms with E-state index in [9.17, 15) is 4.79 Å². The summed E-state index contributed by atoms with van der Waals surface area (Å²) in [5.41, 5.74) is 0.652. The van der Waals surface area contributed by atoms with Crippen LogP contribution in [0.15, 0.2) is 36.8 Å². The summed E-state index contributed by atoms with van der Waals surface area (Å²) in [7, 11) is 1.62. The first kappa shape index (κ1) is 14.2. The van der Waals surface area contributed by atoms with Gasteiger partial charge in [-0.05, 0) is 18.2 Å². The van der Waals surface area contributed by atoms with Crippen molar-refractivity contribution in [1.29, 1.82) is 0 Å². The third kappa shape index (κ3) is 4.15. The van der Waals surface area contributed by atoms with Crippen molar-refractivity contribution in [2.24, 2.45) is 0 Å². The second-order valence-corrected chi connectivity index (χ2v) is 4.07. The van der Waals surface area contributed by atoms with Crippen LogP contribution in [0.3, 0.4) is 0 Å². The molecule has 2 N–H and O–H groups in total. The van der Waals surface area contributed by atoms with E-state index in [4.69, 9.17) is 4.74 Å². The number of methoxy groups -OCH3 is 1. The Hall–Kier alpha value is -2.25. The van der Waals surface area contributed by atoms with Crippen LogP contribution < -0.4 is 10.6 Å². The molecule has 20 heavy (non-hydrogen) atoms. The summed E-state index contributed by atoms with van der Waals surface area (Å²) >= 11 is 0. The van der Waals surface area contributed by atoms with Gasteiger partial charge in [0.15, 0.2) is 5.82 Å². The van der Waals surface area contributed by atoms with E-state index in [1.807, 2.05) is 6.07 Å². The Balaban J connectivity index is 1.83. The van der Waals surface area contributed by atoms with Gasteiger partial charge in [0.05, 0.1) is 25.0 Å². The topological polar surface area (TPSA) is 81.1 Å². The van der Waals surface area contributed by atoms with Gasteiger partial charge in [-0.1, -0.05) is 0 Å². The van der Waals surface area contributed by atoms with Crippen molar-refractivity contribution < 1.29 is 9.53 Å². The van der Waals surface area contributed by atoms with Crippen LogP contribution in [-0.4, -0.2) is 47.5 Å². The zero-order valence-corrected chi connectivity index (χ0v) is 11.2. The van der Waals surface area contributed by atoms with E-state index in [0.717, 1.165) is 0 Å². The Morgan fingerprint density at radius 3 is 3.00 bits per heavy atom. The number of nitrogens with one attached hydrogen (secondary N) is 2. The number of ether oxygens (including phenoxy) is 1. The molecule has 0 fully saturated rings. The van der Waals surface area contributed by atoms with Crippen molar-refractivity contribution in [1.82, 2.24) is 20.1 Å². The highest BCUT2D eigenvalue weighted by Crippen LogP contribution is 2.08. The van der Waals surface area contributed by atoms with Crippen molar-refractivity contribution in [2.45, 2.75) is 0 Å². The largest absolute Gasteiger partial charge is 0.383 e. The minimum absolute atomic E-state index is 0.116. The highest BCUT2D eigenvalue weighted by molar-refractivity contribution is 5.92. The molecule has 7 nitrogen and oxygen atoms in total. The van der Waals surface area contributed by atoms with Crippen LogP contribution in [0.2, 0.25) is 0 Å². The molecule has 7 heteroatoms. The molecule has 0 aliphatic rings. The van der Waals surface area contributed by atoms with Gasteiger partial charge in [0.1, 0.15) is 0 Å². The third-order valence-corrected chi connectivity index (χ3v) is 2.54. The van der Waals surface area contributed by atoms with Crippen molar-refractivity contribution in [3.05, 3.63) is 36.8 Å². The second kappa shape index (κ2) is 7.37. The zero-order valence-electron chi connectivity index (χ0n) is 11.2. The van der Waals surface area contributed by atoms with E-state index in [1.54, 1.807) is 42.5 Å². The number of pyridine rings is 1. The normalized spacial score (nSPS) is 10.4. The molecule has 0 saturated heterocycles. The number of rotatable bonds is 7. The average Bonchev–Trinajstić information content (AvgIpc) is 2.99. The summed E-state index contributed by atoms with van der Waals surface area (Å²) < 4.78 is 6.53. The van der Waals surface area contributed by atoms with E-state index in [-0.39, 0.29) is 12.5 Å². The van der Waals surface area contributed by atoms with Gasteiger partial charge >= 0.3 is 0 Å². The summed E-state index contributed by atoms with van der Waals surface area (Å²) in [6.45, 7) is 1.46. The standard InChI is InChI=1S/C13H17N5O2/c1-20-8-6-14-10-13(19)17-11-3-4-12(15-9-11)18-7-2-5-16-18/h2-5,7,9,14H,6,8,10H2,1H3,(H,17,19). The van der Waals surface area contributed by atoms with Crippen molar-refractivity contribution >= 4 is 11.6 Å². The van der Waals surface area contributed by atoms with Crippen LogP contribution in [0.4, 0.5) is 5.69 Å². The lowest BCUT2D eigenvalue weighted by Crippen LogP contribution is -2.30. The Morgan fingerprint density at radius 2 is 2.35 bits per heavy atom. The summed E-state index contributed by atoms with van der Waals surface area (Å²) in [6, 6.07) is 5.40. The quantitative estimate of drug-likeness (QED) is 0.717. The lowest BCUT2D eigenvalue weighted by molar-refractivity contribution is -0.115. The molecule has 1 amide bonds. The van der Waals surface area contributed by atoms with Crippen LogP contribution >= 0.6 is 0 Å². The summed E-state index contributed by atoms with van der Waals surface area (Å²) in [4.78, 5) is 15.9. The maximum atomic E-state index is 11.6. The second-order valence-electron chi connectivity index (χ2n) is 4.07. The Kier molecular flexibility index (Phi) is 5.22. The van der Waals surface area contributed by atoms with Gasteiger partial charge in [-0.25, -0.2) is 9.67 Å². The van der Waals surface area contributed by atoms with Gasteiger partial charge < -0.3 is 15.4 Å². The fourth-order valence-electron chi connectivity index (χ4n) is 1.58. The molecule has 2 aromatic rings. The zero-order chi connectivity index (χ0) is 14.2. The summed E-state index contributed by atoms with van der Waals surface area (Å²) in [6.07, 6.45) is 5.09. The maximum Gasteiger partial charge on any atom is 0.238 e. The molecule has 0 bridgehead atoms. The van der Waals surface area contributed by atoms with Crippen molar-refractivity contribution in [2.75, 3.05) is 32.1 Å². The monoisotopic (exact) mass is 275 g/mol. The Morgan fingerprint density at radius 1 is 1.45 bits per heavy atom. The number of nitrogens with zero attached hydrogens (tertiary/aromatic N) is 3. The number of carbonyl (C=O) groups is 1. The van der Waals surface area contributed by atoms with Gasteiger partial charge in [-0.15, -0.1) is 0 Å². The molecular formula is C13H17N5O2. The summed E-state index contributed by atoms with van der Waals surface area (Å²) in [5, 5.41) is 9.81. The molecular weight excluding hydrogens is 258 g/mol. The minimum atomic E-state index is -0.116. The number of aromatic nitrogens is 3. The molecule has 106 valence electrons. The van der Waals surface area contributed by atoms with Crippen LogP contribution in [0, 0.1) is 0 Å². The molecule has 0 atom stereocenters. The number of carbonyl (C=O) groups excluding carboxylic acids is 1.